The van der Waals surface area contributed by atoms with Crippen LogP contribution in [0, 0.1) is 9.49 Å². The van der Waals surface area contributed by atoms with Gasteiger partial charge in [0.2, 0.25) is 0 Å². The lowest BCUT2D eigenvalue weighted by Gasteiger charge is -2.23. The highest BCUT2D eigenvalue weighted by molar-refractivity contribution is 14.1. The maximum Gasteiger partial charge on any atom is 0.471 e. The van der Waals surface area contributed by atoms with E-state index in [-0.39, 0.29) is 5.92 Å². The van der Waals surface area contributed by atoms with Crippen LogP contribution >= 0.6 is 22.6 Å². The highest BCUT2D eigenvalue weighted by Crippen LogP contribution is 2.25. The van der Waals surface area contributed by atoms with Gasteiger partial charge >= 0.3 is 12.1 Å². The van der Waals surface area contributed by atoms with Gasteiger partial charge in [-0.15, -0.1) is 0 Å². The number of halogens is 4. The van der Waals surface area contributed by atoms with Gasteiger partial charge in [0.25, 0.3) is 0 Å². The summed E-state index contributed by atoms with van der Waals surface area (Å²) in [5.74, 6) is -2.03. The smallest absolute Gasteiger partial charge is 0.341 e. The maximum atomic E-state index is 12.2. The molecule has 0 aromatic heterocycles. The number of nitrogens with one attached hydrogen (secondary N) is 1. The lowest BCUT2D eigenvalue weighted by molar-refractivity contribution is -0.174. The Hall–Kier alpha value is -0.790. The number of benzene rings is 1. The second kappa shape index (κ2) is 5.90. The van der Waals surface area contributed by atoms with Crippen molar-refractivity contribution in [3.8, 4) is 0 Å². The van der Waals surface area contributed by atoms with Crippen LogP contribution in [-0.4, -0.2) is 12.1 Å². The van der Waals surface area contributed by atoms with Gasteiger partial charge < -0.3 is 5.32 Å². The van der Waals surface area contributed by atoms with E-state index in [9.17, 15) is 18.0 Å². The van der Waals surface area contributed by atoms with Crippen molar-refractivity contribution in [2.45, 2.75) is 26.1 Å². The molecule has 0 fully saturated rings. The minimum Gasteiger partial charge on any atom is -0.341 e. The fourth-order valence-electron chi connectivity index (χ4n) is 1.53. The molecule has 1 rings (SSSR count). The van der Waals surface area contributed by atoms with Crippen molar-refractivity contribution in [2.24, 2.45) is 5.92 Å². The molecule has 0 aliphatic heterocycles. The van der Waals surface area contributed by atoms with E-state index < -0.39 is 18.1 Å². The Morgan fingerprint density at radius 3 is 2.11 bits per heavy atom. The number of alkyl halides is 3. The van der Waals surface area contributed by atoms with Gasteiger partial charge in [-0.25, -0.2) is 0 Å². The van der Waals surface area contributed by atoms with Gasteiger partial charge in [0.05, 0.1) is 6.04 Å². The molecule has 1 aromatic rings. The third-order valence-corrected chi connectivity index (χ3v) is 3.16. The van der Waals surface area contributed by atoms with Crippen molar-refractivity contribution in [3.63, 3.8) is 0 Å². The largest absolute Gasteiger partial charge is 0.471 e. The van der Waals surface area contributed by atoms with Crippen molar-refractivity contribution in [2.75, 3.05) is 0 Å². The maximum absolute atomic E-state index is 12.2. The van der Waals surface area contributed by atoms with E-state index in [1.54, 1.807) is 38.1 Å². The van der Waals surface area contributed by atoms with E-state index in [1.165, 1.54) is 0 Å². The average molecular weight is 371 g/mol. The molecular formula is C12H13F3INO. The number of amides is 1. The molecule has 1 amide bonds. The molecule has 1 atom stereocenters. The van der Waals surface area contributed by atoms with Gasteiger partial charge in [0.15, 0.2) is 0 Å². The van der Waals surface area contributed by atoms with Crippen LogP contribution in [-0.2, 0) is 4.79 Å². The first-order valence-electron chi connectivity index (χ1n) is 5.35. The number of hydrogen-bond donors (Lipinski definition) is 1. The molecule has 0 aliphatic carbocycles. The van der Waals surface area contributed by atoms with Crippen LogP contribution in [0.15, 0.2) is 24.3 Å². The fourth-order valence-corrected chi connectivity index (χ4v) is 1.89. The molecule has 100 valence electrons. The second-order valence-corrected chi connectivity index (χ2v) is 5.49. The molecule has 0 heterocycles. The number of carbonyl (C=O) groups excluding carboxylic acids is 1. The molecule has 0 radical (unpaired) electrons. The van der Waals surface area contributed by atoms with Gasteiger partial charge in [0, 0.05) is 3.57 Å². The Morgan fingerprint density at radius 1 is 1.22 bits per heavy atom. The van der Waals surface area contributed by atoms with Crippen molar-refractivity contribution in [1.29, 1.82) is 0 Å². The van der Waals surface area contributed by atoms with Gasteiger partial charge in [-0.3, -0.25) is 4.79 Å². The molecule has 1 N–H and O–H groups in total. The molecule has 1 aromatic carbocycles. The van der Waals surface area contributed by atoms with Gasteiger partial charge in [-0.2, -0.15) is 13.2 Å². The summed E-state index contributed by atoms with van der Waals surface area (Å²) in [5.41, 5.74) is 0.669. The summed E-state index contributed by atoms with van der Waals surface area (Å²) < 4.78 is 37.7. The van der Waals surface area contributed by atoms with Crippen LogP contribution in [0.1, 0.15) is 25.5 Å². The molecule has 0 spiro atoms. The summed E-state index contributed by atoms with van der Waals surface area (Å²) in [7, 11) is 0. The number of carbonyl (C=O) groups is 1. The first-order chi connectivity index (χ1) is 8.21. The SMILES string of the molecule is CC(C)C(NC(=O)C(F)(F)F)c1ccc(I)cc1. The van der Waals surface area contributed by atoms with Gasteiger partial charge in [-0.1, -0.05) is 26.0 Å². The molecule has 0 bridgehead atoms. The summed E-state index contributed by atoms with van der Waals surface area (Å²) in [6.45, 7) is 3.53. The lowest BCUT2D eigenvalue weighted by atomic mass is 9.96. The van der Waals surface area contributed by atoms with Crippen LogP contribution in [0.5, 0.6) is 0 Å². The van der Waals surface area contributed by atoms with Crippen molar-refractivity contribution in [3.05, 3.63) is 33.4 Å². The van der Waals surface area contributed by atoms with Crippen LogP contribution in [0.2, 0.25) is 0 Å². The number of rotatable bonds is 3. The van der Waals surface area contributed by atoms with E-state index in [0.717, 1.165) is 3.57 Å². The first kappa shape index (κ1) is 15.3. The van der Waals surface area contributed by atoms with Crippen LogP contribution in [0.4, 0.5) is 13.2 Å². The molecule has 2 nitrogen and oxygen atoms in total. The zero-order valence-electron chi connectivity index (χ0n) is 9.88. The van der Waals surface area contributed by atoms with Crippen LogP contribution in [0.3, 0.4) is 0 Å². The van der Waals surface area contributed by atoms with Crippen LogP contribution < -0.4 is 5.32 Å². The highest BCUT2D eigenvalue weighted by atomic mass is 127. The Labute approximate surface area is 117 Å². The molecule has 18 heavy (non-hydrogen) atoms. The number of hydrogen-bond acceptors (Lipinski definition) is 1. The lowest BCUT2D eigenvalue weighted by Crippen LogP contribution is -2.40. The van der Waals surface area contributed by atoms with E-state index in [2.05, 4.69) is 22.6 Å². The van der Waals surface area contributed by atoms with Crippen LogP contribution in [0.25, 0.3) is 0 Å². The molecule has 0 saturated carbocycles. The predicted molar refractivity (Wildman–Crippen MR) is 70.9 cm³/mol. The summed E-state index contributed by atoms with van der Waals surface area (Å²) >= 11 is 2.11. The van der Waals surface area contributed by atoms with E-state index in [0.29, 0.717) is 5.56 Å². The van der Waals surface area contributed by atoms with Crippen molar-refractivity contribution >= 4 is 28.5 Å². The Balaban J connectivity index is 2.91. The minimum absolute atomic E-state index is 0.128. The zero-order chi connectivity index (χ0) is 13.9. The summed E-state index contributed by atoms with van der Waals surface area (Å²) in [6.07, 6.45) is -4.85. The molecule has 6 heteroatoms. The normalized spacial score (nSPS) is 13.5. The van der Waals surface area contributed by atoms with E-state index in [4.69, 9.17) is 0 Å². The first-order valence-corrected chi connectivity index (χ1v) is 6.43. The predicted octanol–water partition coefficient (Wildman–Crippen LogP) is 3.67. The monoisotopic (exact) mass is 371 g/mol. The average Bonchev–Trinajstić information content (AvgIpc) is 2.25. The fraction of sp³-hybridized carbons (Fsp3) is 0.417. The minimum atomic E-state index is -4.85. The standard InChI is InChI=1S/C12H13F3INO/c1-7(2)10(17-11(18)12(13,14)15)8-3-5-9(16)6-4-8/h3-7,10H,1-2H3,(H,17,18). The van der Waals surface area contributed by atoms with Gasteiger partial charge in [-0.05, 0) is 46.2 Å². The molecule has 0 saturated heterocycles. The Kier molecular flexibility index (Phi) is 5.01. The summed E-state index contributed by atoms with van der Waals surface area (Å²) in [6, 6.07) is 6.40. The topological polar surface area (TPSA) is 29.1 Å². The quantitative estimate of drug-likeness (QED) is 0.808. The van der Waals surface area contributed by atoms with E-state index in [1.807, 2.05) is 5.32 Å². The Bertz CT molecular complexity index is 414. The van der Waals surface area contributed by atoms with Gasteiger partial charge in [0.1, 0.15) is 0 Å². The van der Waals surface area contributed by atoms with Crippen molar-refractivity contribution in [1.82, 2.24) is 5.32 Å². The molecule has 0 aliphatic rings. The summed E-state index contributed by atoms with van der Waals surface area (Å²) in [4.78, 5) is 11.0. The molecular weight excluding hydrogens is 358 g/mol. The second-order valence-electron chi connectivity index (χ2n) is 4.24. The highest BCUT2D eigenvalue weighted by Gasteiger charge is 2.40. The zero-order valence-corrected chi connectivity index (χ0v) is 12.0. The van der Waals surface area contributed by atoms with E-state index >= 15 is 0 Å². The summed E-state index contributed by atoms with van der Waals surface area (Å²) in [5, 5.41) is 2.03. The molecule has 1 unspecified atom stereocenters. The third kappa shape index (κ3) is 4.15. The third-order valence-electron chi connectivity index (χ3n) is 2.44. The Morgan fingerprint density at radius 2 is 1.72 bits per heavy atom. The van der Waals surface area contributed by atoms with Crippen molar-refractivity contribution < 1.29 is 18.0 Å².